The van der Waals surface area contributed by atoms with E-state index in [1.807, 2.05) is 30.3 Å². The highest BCUT2D eigenvalue weighted by Crippen LogP contribution is 2.47. The highest BCUT2D eigenvalue weighted by atomic mass is 32.2. The summed E-state index contributed by atoms with van der Waals surface area (Å²) in [6.07, 6.45) is 3.31. The molecule has 2 aromatic carbocycles. The largest absolute Gasteiger partial charge is 0.493 e. The first kappa shape index (κ1) is 24.9. The third-order valence-corrected chi connectivity index (χ3v) is 8.30. The SMILES string of the molecule is CCCC[C@@]1(CC)CN(c2ccccc2)c2cc(OC)c(OCCC(=O)O)cc2S(=O)(=O)C1. The number of carbonyl (C=O) groups is 1. The molecule has 1 heterocycles. The Morgan fingerprint density at radius 3 is 2.48 bits per heavy atom. The number of rotatable bonds is 10. The highest BCUT2D eigenvalue weighted by Gasteiger charge is 2.42. The smallest absolute Gasteiger partial charge is 0.306 e. The summed E-state index contributed by atoms with van der Waals surface area (Å²) >= 11 is 0. The van der Waals surface area contributed by atoms with Gasteiger partial charge in [-0.1, -0.05) is 44.9 Å². The molecule has 8 heteroatoms. The van der Waals surface area contributed by atoms with Crippen molar-refractivity contribution in [2.45, 2.75) is 50.8 Å². The number of fused-ring (bicyclic) bond motifs is 1. The Morgan fingerprint density at radius 2 is 1.88 bits per heavy atom. The molecule has 0 bridgehead atoms. The van der Waals surface area contributed by atoms with E-state index in [1.54, 1.807) is 6.07 Å². The van der Waals surface area contributed by atoms with Crippen molar-refractivity contribution in [3.63, 3.8) is 0 Å². The molecule has 0 aromatic heterocycles. The summed E-state index contributed by atoms with van der Waals surface area (Å²) in [7, 11) is -2.16. The molecule has 0 fully saturated rings. The summed E-state index contributed by atoms with van der Waals surface area (Å²) in [5, 5.41) is 8.93. The quantitative estimate of drug-likeness (QED) is 0.513. The number of anilines is 2. The maximum absolute atomic E-state index is 13.7. The molecule has 0 spiro atoms. The number of carboxylic acids is 1. The van der Waals surface area contributed by atoms with Crippen LogP contribution in [0.15, 0.2) is 47.4 Å². The van der Waals surface area contributed by atoms with Crippen molar-refractivity contribution in [3.05, 3.63) is 42.5 Å². The van der Waals surface area contributed by atoms with Gasteiger partial charge in [-0.2, -0.15) is 0 Å². The number of methoxy groups -OCH3 is 1. The van der Waals surface area contributed by atoms with Gasteiger partial charge in [0.05, 0.1) is 36.5 Å². The molecule has 7 nitrogen and oxygen atoms in total. The van der Waals surface area contributed by atoms with Gasteiger partial charge in [-0.3, -0.25) is 4.79 Å². The standard InChI is InChI=1S/C25H33NO6S/c1-4-6-13-25(5-2)17-26(19-10-8-7-9-11-19)20-15-21(31-3)22(32-14-12-24(27)28)16-23(20)33(29,30)18-25/h7-11,15-16H,4-6,12-14,17-18H2,1-3H3,(H,27,28)/t25-/m0/s1. The van der Waals surface area contributed by atoms with Crippen molar-refractivity contribution in [2.24, 2.45) is 5.41 Å². The maximum atomic E-state index is 13.7. The summed E-state index contributed by atoms with van der Waals surface area (Å²) in [4.78, 5) is 13.2. The highest BCUT2D eigenvalue weighted by molar-refractivity contribution is 7.91. The Bertz CT molecular complexity index is 1070. The summed E-state index contributed by atoms with van der Waals surface area (Å²) in [6.45, 7) is 4.67. The molecule has 1 N–H and O–H groups in total. The molecule has 0 saturated carbocycles. The summed E-state index contributed by atoms with van der Waals surface area (Å²) in [5.41, 5.74) is 1.06. The molecule has 1 atom stereocenters. The number of benzene rings is 2. The fourth-order valence-electron chi connectivity index (χ4n) is 4.39. The lowest BCUT2D eigenvalue weighted by atomic mass is 9.81. The van der Waals surface area contributed by atoms with Gasteiger partial charge in [0.15, 0.2) is 21.3 Å². The lowest BCUT2D eigenvalue weighted by Gasteiger charge is -2.36. The second kappa shape index (κ2) is 10.5. The van der Waals surface area contributed by atoms with E-state index >= 15 is 0 Å². The third kappa shape index (κ3) is 5.61. The first-order valence-electron chi connectivity index (χ1n) is 11.4. The van der Waals surface area contributed by atoms with Gasteiger partial charge in [-0.05, 0) is 25.0 Å². The Balaban J connectivity index is 2.18. The van der Waals surface area contributed by atoms with Crippen LogP contribution in [0, 0.1) is 5.41 Å². The minimum absolute atomic E-state index is 0.0493. The van der Waals surface area contributed by atoms with Crippen LogP contribution in [-0.2, 0) is 14.6 Å². The van der Waals surface area contributed by atoms with Crippen LogP contribution >= 0.6 is 0 Å². The lowest BCUT2D eigenvalue weighted by molar-refractivity contribution is -0.137. The van der Waals surface area contributed by atoms with Crippen molar-refractivity contribution in [2.75, 3.05) is 30.9 Å². The number of ether oxygens (including phenoxy) is 2. The van der Waals surface area contributed by atoms with Crippen LogP contribution in [0.25, 0.3) is 0 Å². The zero-order valence-corrected chi connectivity index (χ0v) is 20.4. The molecule has 3 rings (SSSR count). The van der Waals surface area contributed by atoms with E-state index in [0.29, 0.717) is 18.0 Å². The molecule has 180 valence electrons. The van der Waals surface area contributed by atoms with Crippen LogP contribution < -0.4 is 14.4 Å². The van der Waals surface area contributed by atoms with Gasteiger partial charge in [0, 0.05) is 29.8 Å². The Morgan fingerprint density at radius 1 is 1.15 bits per heavy atom. The summed E-state index contributed by atoms with van der Waals surface area (Å²) in [5.74, 6) is -0.344. The zero-order chi connectivity index (χ0) is 24.1. The third-order valence-electron chi connectivity index (χ3n) is 6.31. The van der Waals surface area contributed by atoms with Gasteiger partial charge < -0.3 is 19.5 Å². The molecule has 0 amide bonds. The van der Waals surface area contributed by atoms with E-state index in [0.717, 1.165) is 31.4 Å². The number of unbranched alkanes of at least 4 members (excludes halogenated alkanes) is 1. The van der Waals surface area contributed by atoms with Gasteiger partial charge >= 0.3 is 5.97 Å². The molecule has 33 heavy (non-hydrogen) atoms. The fraction of sp³-hybridized carbons (Fsp3) is 0.480. The number of sulfone groups is 1. The molecule has 0 saturated heterocycles. The molecule has 1 aliphatic heterocycles. The second-order valence-corrected chi connectivity index (χ2v) is 10.6. The Hall–Kier alpha value is -2.74. The molecular weight excluding hydrogens is 442 g/mol. The van der Waals surface area contributed by atoms with Crippen LogP contribution in [0.3, 0.4) is 0 Å². The van der Waals surface area contributed by atoms with Crippen molar-refractivity contribution < 1.29 is 27.8 Å². The minimum Gasteiger partial charge on any atom is -0.493 e. The molecule has 0 radical (unpaired) electrons. The average Bonchev–Trinajstić information content (AvgIpc) is 2.90. The van der Waals surface area contributed by atoms with Gasteiger partial charge in [0.1, 0.15) is 0 Å². The van der Waals surface area contributed by atoms with Gasteiger partial charge in [-0.15, -0.1) is 0 Å². The number of para-hydroxylation sites is 1. The molecular formula is C25H33NO6S. The van der Waals surface area contributed by atoms with Crippen LogP contribution in [0.4, 0.5) is 11.4 Å². The number of carboxylic acid groups (broad SMARTS) is 1. The monoisotopic (exact) mass is 475 g/mol. The second-order valence-electron chi connectivity index (χ2n) is 8.60. The fourth-order valence-corrected chi connectivity index (χ4v) is 6.57. The first-order chi connectivity index (χ1) is 15.7. The Kier molecular flexibility index (Phi) is 7.89. The van der Waals surface area contributed by atoms with Crippen LogP contribution in [0.2, 0.25) is 0 Å². The molecule has 2 aromatic rings. The molecule has 0 unspecified atom stereocenters. The van der Waals surface area contributed by atoms with E-state index in [-0.39, 0.29) is 29.4 Å². The molecule has 0 aliphatic carbocycles. The maximum Gasteiger partial charge on any atom is 0.306 e. The Labute approximate surface area is 196 Å². The van der Waals surface area contributed by atoms with Gasteiger partial charge in [0.2, 0.25) is 0 Å². The van der Waals surface area contributed by atoms with Crippen molar-refractivity contribution in [1.82, 2.24) is 0 Å². The topological polar surface area (TPSA) is 93.1 Å². The summed E-state index contributed by atoms with van der Waals surface area (Å²) in [6, 6.07) is 13.0. The first-order valence-corrected chi connectivity index (χ1v) is 13.0. The average molecular weight is 476 g/mol. The number of hydrogen-bond donors (Lipinski definition) is 1. The van der Waals surface area contributed by atoms with Crippen LogP contribution in [-0.4, -0.2) is 45.5 Å². The predicted octanol–water partition coefficient (Wildman–Crippen LogP) is 5.06. The van der Waals surface area contributed by atoms with E-state index < -0.39 is 21.2 Å². The lowest BCUT2D eigenvalue weighted by Crippen LogP contribution is -2.37. The normalized spacial score (nSPS) is 19.4. The minimum atomic E-state index is -3.65. The van der Waals surface area contributed by atoms with Gasteiger partial charge in [-0.25, -0.2) is 8.42 Å². The predicted molar refractivity (Wildman–Crippen MR) is 128 cm³/mol. The van der Waals surface area contributed by atoms with E-state index in [4.69, 9.17) is 14.6 Å². The molecule has 1 aliphatic rings. The van der Waals surface area contributed by atoms with Crippen molar-refractivity contribution >= 4 is 27.2 Å². The number of aliphatic carboxylic acids is 1. The number of hydrogen-bond acceptors (Lipinski definition) is 6. The van der Waals surface area contributed by atoms with Crippen LogP contribution in [0.1, 0.15) is 46.0 Å². The zero-order valence-electron chi connectivity index (χ0n) is 19.5. The van der Waals surface area contributed by atoms with E-state index in [2.05, 4.69) is 18.7 Å². The van der Waals surface area contributed by atoms with Crippen LogP contribution in [0.5, 0.6) is 11.5 Å². The van der Waals surface area contributed by atoms with Gasteiger partial charge in [0.25, 0.3) is 0 Å². The van der Waals surface area contributed by atoms with E-state index in [9.17, 15) is 13.2 Å². The summed E-state index contributed by atoms with van der Waals surface area (Å²) < 4.78 is 38.6. The van der Waals surface area contributed by atoms with E-state index in [1.165, 1.54) is 13.2 Å². The van der Waals surface area contributed by atoms with Crippen molar-refractivity contribution in [3.8, 4) is 11.5 Å². The van der Waals surface area contributed by atoms with Crippen molar-refractivity contribution in [1.29, 1.82) is 0 Å². The number of nitrogens with zero attached hydrogens (tertiary/aromatic N) is 1.